The third-order valence-corrected chi connectivity index (χ3v) is 3.56. The zero-order valence-corrected chi connectivity index (χ0v) is 13.2. The first-order chi connectivity index (χ1) is 10.0. The van der Waals surface area contributed by atoms with Gasteiger partial charge in [-0.25, -0.2) is 4.39 Å². The molecule has 0 aromatic heterocycles. The fourth-order valence-corrected chi connectivity index (χ4v) is 2.61. The number of nitrogens with zero attached hydrogens (tertiary/aromatic N) is 1. The Morgan fingerprint density at radius 2 is 1.76 bits per heavy atom. The minimum atomic E-state index is -0.188. The van der Waals surface area contributed by atoms with Gasteiger partial charge in [0.15, 0.2) is 0 Å². The second kappa shape index (κ2) is 6.72. The van der Waals surface area contributed by atoms with Crippen LogP contribution in [0.2, 0.25) is 0 Å². The van der Waals surface area contributed by atoms with Crippen molar-refractivity contribution in [3.8, 4) is 0 Å². The molecule has 2 nitrogen and oxygen atoms in total. The Balaban J connectivity index is 2.44. The first-order valence-corrected chi connectivity index (χ1v) is 7.33. The standard InChI is InChI=1S/C18H23FN2/c1-5-20-12-15-7-6-8-17(19)18(15)21(4)16-10-13(2)9-14(3)11-16/h6-11,20H,5,12H2,1-4H3. The number of nitrogens with one attached hydrogen (secondary N) is 1. The van der Waals surface area contributed by atoms with Crippen LogP contribution in [0.15, 0.2) is 36.4 Å². The van der Waals surface area contributed by atoms with Crippen molar-refractivity contribution in [2.45, 2.75) is 27.3 Å². The number of para-hydroxylation sites is 1. The third kappa shape index (κ3) is 3.61. The lowest BCUT2D eigenvalue weighted by molar-refractivity contribution is 0.622. The molecule has 0 aliphatic carbocycles. The molecule has 0 aliphatic heterocycles. The van der Waals surface area contributed by atoms with Gasteiger partial charge in [0, 0.05) is 19.3 Å². The highest BCUT2D eigenvalue weighted by Gasteiger charge is 2.14. The van der Waals surface area contributed by atoms with E-state index in [1.165, 1.54) is 17.2 Å². The van der Waals surface area contributed by atoms with Gasteiger partial charge in [0.1, 0.15) is 5.82 Å². The Hall–Kier alpha value is -1.87. The van der Waals surface area contributed by atoms with Gasteiger partial charge in [-0.3, -0.25) is 0 Å². The molecule has 0 saturated carbocycles. The van der Waals surface area contributed by atoms with Gasteiger partial charge in [0.2, 0.25) is 0 Å². The fourth-order valence-electron chi connectivity index (χ4n) is 2.61. The molecule has 3 heteroatoms. The number of aryl methyl sites for hydroxylation is 2. The molecular weight excluding hydrogens is 263 g/mol. The van der Waals surface area contributed by atoms with E-state index in [1.807, 2.05) is 24.9 Å². The van der Waals surface area contributed by atoms with Gasteiger partial charge >= 0.3 is 0 Å². The molecule has 0 spiro atoms. The number of benzene rings is 2. The molecule has 1 N–H and O–H groups in total. The van der Waals surface area contributed by atoms with Crippen molar-refractivity contribution in [3.05, 3.63) is 58.9 Å². The molecule has 0 atom stereocenters. The quantitative estimate of drug-likeness (QED) is 0.880. The van der Waals surface area contributed by atoms with Crippen LogP contribution in [0.5, 0.6) is 0 Å². The first kappa shape index (κ1) is 15.5. The van der Waals surface area contributed by atoms with E-state index in [0.29, 0.717) is 12.2 Å². The van der Waals surface area contributed by atoms with Crippen molar-refractivity contribution in [2.24, 2.45) is 0 Å². The van der Waals surface area contributed by atoms with E-state index >= 15 is 0 Å². The van der Waals surface area contributed by atoms with Crippen LogP contribution in [0.3, 0.4) is 0 Å². The average Bonchev–Trinajstić information content (AvgIpc) is 2.43. The maximum Gasteiger partial charge on any atom is 0.147 e. The maximum atomic E-state index is 14.3. The summed E-state index contributed by atoms with van der Waals surface area (Å²) in [6, 6.07) is 11.5. The summed E-state index contributed by atoms with van der Waals surface area (Å²) in [6.45, 7) is 7.70. The van der Waals surface area contributed by atoms with E-state index in [-0.39, 0.29) is 5.82 Å². The van der Waals surface area contributed by atoms with Crippen molar-refractivity contribution < 1.29 is 4.39 Å². The number of halogens is 1. The van der Waals surface area contributed by atoms with Crippen molar-refractivity contribution >= 4 is 11.4 Å². The minimum Gasteiger partial charge on any atom is -0.342 e. The summed E-state index contributed by atoms with van der Waals surface area (Å²) in [7, 11) is 1.92. The normalized spacial score (nSPS) is 10.7. The van der Waals surface area contributed by atoms with Gasteiger partial charge in [-0.05, 0) is 55.3 Å². The van der Waals surface area contributed by atoms with E-state index in [9.17, 15) is 4.39 Å². The Morgan fingerprint density at radius 1 is 1.10 bits per heavy atom. The van der Waals surface area contributed by atoms with E-state index < -0.39 is 0 Å². The van der Waals surface area contributed by atoms with Crippen molar-refractivity contribution in [3.63, 3.8) is 0 Å². The molecule has 0 amide bonds. The molecule has 0 fully saturated rings. The topological polar surface area (TPSA) is 15.3 Å². The van der Waals surface area contributed by atoms with Crippen molar-refractivity contribution in [2.75, 3.05) is 18.5 Å². The van der Waals surface area contributed by atoms with E-state index in [0.717, 1.165) is 17.8 Å². The number of anilines is 2. The summed E-state index contributed by atoms with van der Waals surface area (Å²) in [4.78, 5) is 1.93. The molecule has 21 heavy (non-hydrogen) atoms. The van der Waals surface area contributed by atoms with Crippen LogP contribution in [0.4, 0.5) is 15.8 Å². The second-order valence-corrected chi connectivity index (χ2v) is 5.43. The monoisotopic (exact) mass is 286 g/mol. The largest absolute Gasteiger partial charge is 0.342 e. The molecule has 2 rings (SSSR count). The predicted octanol–water partition coefficient (Wildman–Crippen LogP) is 4.32. The number of hydrogen-bond acceptors (Lipinski definition) is 2. The summed E-state index contributed by atoms with van der Waals surface area (Å²) in [5, 5.41) is 3.27. The Kier molecular flexibility index (Phi) is 4.97. The van der Waals surface area contributed by atoms with Gasteiger partial charge in [-0.2, -0.15) is 0 Å². The average molecular weight is 286 g/mol. The smallest absolute Gasteiger partial charge is 0.147 e. The highest BCUT2D eigenvalue weighted by atomic mass is 19.1. The van der Waals surface area contributed by atoms with Crippen LogP contribution in [0.25, 0.3) is 0 Å². The van der Waals surface area contributed by atoms with Gasteiger partial charge < -0.3 is 10.2 Å². The Bertz CT molecular complexity index is 602. The number of rotatable bonds is 5. The molecule has 2 aromatic carbocycles. The van der Waals surface area contributed by atoms with E-state index in [4.69, 9.17) is 0 Å². The van der Waals surface area contributed by atoms with Gasteiger partial charge in [0.25, 0.3) is 0 Å². The first-order valence-electron chi connectivity index (χ1n) is 7.33. The van der Waals surface area contributed by atoms with Crippen molar-refractivity contribution in [1.29, 1.82) is 0 Å². The van der Waals surface area contributed by atoms with Gasteiger partial charge in [-0.15, -0.1) is 0 Å². The fraction of sp³-hybridized carbons (Fsp3) is 0.333. The zero-order valence-electron chi connectivity index (χ0n) is 13.2. The SMILES string of the molecule is CCNCc1cccc(F)c1N(C)c1cc(C)cc(C)c1. The summed E-state index contributed by atoms with van der Waals surface area (Å²) < 4.78 is 14.3. The van der Waals surface area contributed by atoms with Gasteiger partial charge in [0.05, 0.1) is 5.69 Å². The summed E-state index contributed by atoms with van der Waals surface area (Å²) >= 11 is 0. The molecular formula is C18H23FN2. The Labute approximate surface area is 126 Å². The maximum absolute atomic E-state index is 14.3. The lowest BCUT2D eigenvalue weighted by Gasteiger charge is -2.24. The predicted molar refractivity (Wildman–Crippen MR) is 87.8 cm³/mol. The summed E-state index contributed by atoms with van der Waals surface area (Å²) in [6.07, 6.45) is 0. The lowest BCUT2D eigenvalue weighted by Crippen LogP contribution is -2.18. The van der Waals surface area contributed by atoms with Crippen LogP contribution in [0.1, 0.15) is 23.6 Å². The summed E-state index contributed by atoms with van der Waals surface area (Å²) in [5.74, 6) is -0.188. The lowest BCUT2D eigenvalue weighted by atomic mass is 10.1. The van der Waals surface area contributed by atoms with E-state index in [1.54, 1.807) is 6.07 Å². The van der Waals surface area contributed by atoms with E-state index in [2.05, 4.69) is 37.4 Å². The highest BCUT2D eigenvalue weighted by Crippen LogP contribution is 2.31. The highest BCUT2D eigenvalue weighted by molar-refractivity contribution is 5.67. The second-order valence-electron chi connectivity index (χ2n) is 5.43. The molecule has 0 saturated heterocycles. The van der Waals surface area contributed by atoms with Crippen LogP contribution >= 0.6 is 0 Å². The van der Waals surface area contributed by atoms with Crippen LogP contribution in [-0.2, 0) is 6.54 Å². The van der Waals surface area contributed by atoms with Crippen LogP contribution in [-0.4, -0.2) is 13.6 Å². The summed E-state index contributed by atoms with van der Waals surface area (Å²) in [5.41, 5.74) is 4.99. The molecule has 0 unspecified atom stereocenters. The Morgan fingerprint density at radius 3 is 2.38 bits per heavy atom. The van der Waals surface area contributed by atoms with Crippen molar-refractivity contribution in [1.82, 2.24) is 5.32 Å². The van der Waals surface area contributed by atoms with Crippen LogP contribution < -0.4 is 10.2 Å². The third-order valence-electron chi connectivity index (χ3n) is 3.56. The van der Waals surface area contributed by atoms with Crippen LogP contribution in [0, 0.1) is 19.7 Å². The molecule has 0 bridgehead atoms. The minimum absolute atomic E-state index is 0.188. The molecule has 2 aromatic rings. The molecule has 112 valence electrons. The molecule has 0 aliphatic rings. The number of hydrogen-bond donors (Lipinski definition) is 1. The molecule has 0 heterocycles. The molecule has 0 radical (unpaired) electrons. The zero-order chi connectivity index (χ0) is 15.4. The van der Waals surface area contributed by atoms with Gasteiger partial charge in [-0.1, -0.05) is 25.1 Å².